The number of carbonyl (C=O) groups is 1. The molecule has 2 aromatic rings. The van der Waals surface area contributed by atoms with Crippen LogP contribution in [-0.2, 0) is 4.74 Å². The topological polar surface area (TPSA) is 35.5 Å². The highest BCUT2D eigenvalue weighted by Crippen LogP contribution is 2.13. The molecule has 0 aliphatic rings. The molecule has 0 unspecified atom stereocenters. The minimum absolute atomic E-state index is 0.281. The van der Waals surface area contributed by atoms with Crippen LogP contribution in [0.5, 0.6) is 5.75 Å². The lowest BCUT2D eigenvalue weighted by Gasteiger charge is -2.09. The van der Waals surface area contributed by atoms with Gasteiger partial charge >= 0.3 is 5.97 Å². The van der Waals surface area contributed by atoms with Crippen LogP contribution in [0.25, 0.3) is 0 Å². The normalized spacial score (nSPS) is 11.3. The molecule has 3 nitrogen and oxygen atoms in total. The van der Waals surface area contributed by atoms with Crippen LogP contribution in [0.3, 0.4) is 0 Å². The van der Waals surface area contributed by atoms with Crippen LogP contribution in [-0.4, -0.2) is 19.2 Å². The summed E-state index contributed by atoms with van der Waals surface area (Å²) in [7, 11) is 0. The molecule has 31 heavy (non-hydrogen) atoms. The molecule has 1 atom stereocenters. The number of hydrogen-bond donors (Lipinski definition) is 0. The molecule has 3 heteroatoms. The first-order valence-corrected chi connectivity index (χ1v) is 11.6. The van der Waals surface area contributed by atoms with Gasteiger partial charge in [-0.15, -0.1) is 0 Å². The maximum atomic E-state index is 12.1. The van der Waals surface area contributed by atoms with Crippen molar-refractivity contribution in [1.82, 2.24) is 0 Å². The number of hydrogen-bond acceptors (Lipinski definition) is 3. The highest BCUT2D eigenvalue weighted by Gasteiger charge is 2.08. The fourth-order valence-electron chi connectivity index (χ4n) is 2.96. The largest absolute Gasteiger partial charge is 0.494 e. The summed E-state index contributed by atoms with van der Waals surface area (Å²) in [5, 5.41) is 0. The molecule has 0 fully saturated rings. The lowest BCUT2D eigenvalue weighted by molar-refractivity contribution is 0.0447. The van der Waals surface area contributed by atoms with Gasteiger partial charge in [0, 0.05) is 11.1 Å². The van der Waals surface area contributed by atoms with Crippen molar-refractivity contribution in [1.29, 1.82) is 0 Å². The van der Waals surface area contributed by atoms with E-state index in [0.717, 1.165) is 36.3 Å². The predicted octanol–water partition coefficient (Wildman–Crippen LogP) is 7.03. The van der Waals surface area contributed by atoms with Gasteiger partial charge in [-0.3, -0.25) is 0 Å². The zero-order chi connectivity index (χ0) is 22.3. The van der Waals surface area contributed by atoms with Gasteiger partial charge < -0.3 is 9.47 Å². The van der Waals surface area contributed by atoms with E-state index in [-0.39, 0.29) is 5.97 Å². The second kappa shape index (κ2) is 14.3. The van der Waals surface area contributed by atoms with Gasteiger partial charge in [0.25, 0.3) is 0 Å². The van der Waals surface area contributed by atoms with E-state index in [2.05, 4.69) is 32.6 Å². The summed E-state index contributed by atoms with van der Waals surface area (Å²) in [5.41, 5.74) is 2.35. The van der Waals surface area contributed by atoms with Gasteiger partial charge in [0.15, 0.2) is 0 Å². The van der Waals surface area contributed by atoms with E-state index >= 15 is 0 Å². The highest BCUT2D eigenvalue weighted by atomic mass is 16.5. The molecule has 0 aliphatic carbocycles. The third-order valence-electron chi connectivity index (χ3n) is 5.29. The molecule has 0 N–H and O–H groups in total. The number of rotatable bonds is 12. The summed E-state index contributed by atoms with van der Waals surface area (Å²) in [5.74, 6) is 7.28. The van der Waals surface area contributed by atoms with Gasteiger partial charge in [0.1, 0.15) is 5.75 Å². The van der Waals surface area contributed by atoms with Crippen molar-refractivity contribution in [3.8, 4) is 17.6 Å². The fourth-order valence-corrected chi connectivity index (χ4v) is 2.96. The molecule has 0 amide bonds. The predicted molar refractivity (Wildman–Crippen MR) is 127 cm³/mol. The van der Waals surface area contributed by atoms with Crippen LogP contribution < -0.4 is 4.74 Å². The third-order valence-corrected chi connectivity index (χ3v) is 5.29. The number of carbonyl (C=O) groups excluding carboxylic acids is 1. The first kappa shape index (κ1) is 24.5. The van der Waals surface area contributed by atoms with Crippen molar-refractivity contribution in [2.75, 3.05) is 13.2 Å². The molecule has 0 bridgehead atoms. The average molecular weight is 421 g/mol. The van der Waals surface area contributed by atoms with Gasteiger partial charge in [0.05, 0.1) is 18.8 Å². The Bertz CT molecular complexity index is 825. The van der Waals surface area contributed by atoms with Gasteiger partial charge in [-0.1, -0.05) is 71.1 Å². The molecule has 0 saturated carbocycles. The molecule has 0 aromatic heterocycles. The Morgan fingerprint density at radius 2 is 1.42 bits per heavy atom. The number of unbranched alkanes of at least 4 members (excludes halogenated alkanes) is 5. The second-order valence-corrected chi connectivity index (χ2v) is 8.08. The van der Waals surface area contributed by atoms with E-state index in [1.807, 2.05) is 36.4 Å². The number of esters is 1. The molecular weight excluding hydrogens is 384 g/mol. The van der Waals surface area contributed by atoms with E-state index in [1.54, 1.807) is 12.1 Å². The Morgan fingerprint density at radius 1 is 0.839 bits per heavy atom. The van der Waals surface area contributed by atoms with Gasteiger partial charge in [0.2, 0.25) is 0 Å². The van der Waals surface area contributed by atoms with Crippen LogP contribution in [0.4, 0.5) is 0 Å². The van der Waals surface area contributed by atoms with Gasteiger partial charge in [-0.05, 0) is 60.9 Å². The van der Waals surface area contributed by atoms with E-state index in [1.165, 1.54) is 32.1 Å². The summed E-state index contributed by atoms with van der Waals surface area (Å²) >= 11 is 0. The van der Waals surface area contributed by atoms with E-state index in [9.17, 15) is 4.79 Å². The van der Waals surface area contributed by atoms with E-state index < -0.39 is 0 Å². The first-order chi connectivity index (χ1) is 15.1. The lowest BCUT2D eigenvalue weighted by atomic mass is 10.1. The first-order valence-electron chi connectivity index (χ1n) is 11.6. The Hall–Kier alpha value is -2.73. The Labute approximate surface area is 188 Å². The fraction of sp³-hybridized carbons (Fsp3) is 0.464. The standard InChI is InChI=1S/C28H36O3/c1-4-6-7-8-9-10-21-30-27-19-15-25(16-20-27)12-11-24-13-17-26(18-14-24)28(29)31-22-23(3)5-2/h13-20,23H,4-10,21-22H2,1-3H3/t23-/m0/s1. The van der Waals surface area contributed by atoms with Crippen molar-refractivity contribution in [3.63, 3.8) is 0 Å². The number of ether oxygens (including phenoxy) is 2. The third kappa shape index (κ3) is 9.75. The molecule has 0 saturated heterocycles. The highest BCUT2D eigenvalue weighted by molar-refractivity contribution is 5.89. The molecule has 0 aliphatic heterocycles. The Balaban J connectivity index is 1.78. The van der Waals surface area contributed by atoms with Crippen molar-refractivity contribution < 1.29 is 14.3 Å². The van der Waals surface area contributed by atoms with Crippen molar-refractivity contribution in [2.45, 2.75) is 65.7 Å². The van der Waals surface area contributed by atoms with Crippen LogP contribution >= 0.6 is 0 Å². The summed E-state index contributed by atoms with van der Waals surface area (Å²) in [6, 6.07) is 15.1. The van der Waals surface area contributed by atoms with Gasteiger partial charge in [-0.25, -0.2) is 4.79 Å². The van der Waals surface area contributed by atoms with E-state index in [0.29, 0.717) is 18.1 Å². The van der Waals surface area contributed by atoms with E-state index in [4.69, 9.17) is 9.47 Å². The Morgan fingerprint density at radius 3 is 2.03 bits per heavy atom. The summed E-state index contributed by atoms with van der Waals surface area (Å²) in [6.45, 7) is 7.61. The minimum atomic E-state index is -0.281. The monoisotopic (exact) mass is 420 g/mol. The average Bonchev–Trinajstić information content (AvgIpc) is 2.81. The van der Waals surface area contributed by atoms with Crippen LogP contribution in [0.1, 0.15) is 87.2 Å². The SMILES string of the molecule is CCCCCCCCOc1ccc(C#Cc2ccc(C(=O)OC[C@@H](C)CC)cc2)cc1. The maximum absolute atomic E-state index is 12.1. The van der Waals surface area contributed by atoms with Crippen LogP contribution in [0.2, 0.25) is 0 Å². The second-order valence-electron chi connectivity index (χ2n) is 8.08. The minimum Gasteiger partial charge on any atom is -0.494 e. The zero-order valence-corrected chi connectivity index (χ0v) is 19.3. The van der Waals surface area contributed by atoms with Crippen LogP contribution in [0.15, 0.2) is 48.5 Å². The Kier molecular flexibility index (Phi) is 11.3. The van der Waals surface area contributed by atoms with Crippen molar-refractivity contribution in [3.05, 3.63) is 65.2 Å². The van der Waals surface area contributed by atoms with Crippen molar-refractivity contribution in [2.24, 2.45) is 5.92 Å². The molecule has 2 rings (SSSR count). The maximum Gasteiger partial charge on any atom is 0.338 e. The molecular formula is C28H36O3. The summed E-state index contributed by atoms with van der Waals surface area (Å²) in [4.78, 5) is 12.1. The smallest absolute Gasteiger partial charge is 0.338 e. The lowest BCUT2D eigenvalue weighted by Crippen LogP contribution is -2.11. The molecule has 0 radical (unpaired) electrons. The molecule has 2 aromatic carbocycles. The molecule has 0 heterocycles. The molecule has 0 spiro atoms. The zero-order valence-electron chi connectivity index (χ0n) is 19.3. The summed E-state index contributed by atoms with van der Waals surface area (Å²) < 4.78 is 11.1. The summed E-state index contributed by atoms with van der Waals surface area (Å²) in [6.07, 6.45) is 8.57. The molecule has 166 valence electrons. The number of benzene rings is 2. The van der Waals surface area contributed by atoms with Crippen LogP contribution in [0, 0.1) is 17.8 Å². The quantitative estimate of drug-likeness (QED) is 0.210. The van der Waals surface area contributed by atoms with Gasteiger partial charge in [-0.2, -0.15) is 0 Å². The van der Waals surface area contributed by atoms with Crippen molar-refractivity contribution >= 4 is 5.97 Å².